The van der Waals surface area contributed by atoms with Crippen LogP contribution in [0.1, 0.15) is 36.0 Å². The summed E-state index contributed by atoms with van der Waals surface area (Å²) in [5.41, 5.74) is 4.14. The zero-order valence-corrected chi connectivity index (χ0v) is 14.0. The fourth-order valence-electron chi connectivity index (χ4n) is 3.04. The molecule has 1 atom stereocenters. The van der Waals surface area contributed by atoms with Crippen LogP contribution in [0.4, 0.5) is 5.69 Å². The number of hydrogen-bond donors (Lipinski definition) is 0. The second-order valence-electron chi connectivity index (χ2n) is 5.76. The summed E-state index contributed by atoms with van der Waals surface area (Å²) in [6.07, 6.45) is 3.53. The summed E-state index contributed by atoms with van der Waals surface area (Å²) >= 11 is 0. The van der Waals surface area contributed by atoms with Crippen LogP contribution < -0.4 is 4.74 Å². The second kappa shape index (κ2) is 7.30. The Balaban J connectivity index is 1.77. The van der Waals surface area contributed by atoms with Gasteiger partial charge >= 0.3 is 5.97 Å². The number of aryl methyl sites for hydroxylation is 1. The maximum absolute atomic E-state index is 12.0. The molecule has 4 nitrogen and oxygen atoms in total. The van der Waals surface area contributed by atoms with Crippen LogP contribution in [-0.4, -0.2) is 25.9 Å². The molecule has 0 N–H and O–H groups in total. The summed E-state index contributed by atoms with van der Waals surface area (Å²) in [4.78, 5) is 16.5. The third kappa shape index (κ3) is 3.48. The van der Waals surface area contributed by atoms with Crippen LogP contribution in [0.2, 0.25) is 0 Å². The Morgan fingerprint density at radius 3 is 2.96 bits per heavy atom. The van der Waals surface area contributed by atoms with Crippen molar-refractivity contribution < 1.29 is 14.3 Å². The van der Waals surface area contributed by atoms with Crippen molar-refractivity contribution in [2.75, 3.05) is 13.7 Å². The summed E-state index contributed by atoms with van der Waals surface area (Å²) in [5.74, 6) is 0.561. The number of ether oxygens (including phenoxy) is 2. The van der Waals surface area contributed by atoms with E-state index in [9.17, 15) is 4.79 Å². The molecule has 2 aromatic carbocycles. The Labute approximate surface area is 142 Å². The zero-order chi connectivity index (χ0) is 16.9. The van der Waals surface area contributed by atoms with Crippen molar-refractivity contribution in [3.05, 3.63) is 59.2 Å². The molecule has 1 aliphatic carbocycles. The van der Waals surface area contributed by atoms with Crippen molar-refractivity contribution in [1.82, 2.24) is 0 Å². The van der Waals surface area contributed by atoms with Crippen LogP contribution in [0.5, 0.6) is 5.75 Å². The van der Waals surface area contributed by atoms with Crippen molar-refractivity contribution in [2.45, 2.75) is 25.7 Å². The van der Waals surface area contributed by atoms with Gasteiger partial charge in [0, 0.05) is 6.21 Å². The lowest BCUT2D eigenvalue weighted by atomic mass is 10.0. The van der Waals surface area contributed by atoms with Gasteiger partial charge in [-0.3, -0.25) is 9.79 Å². The van der Waals surface area contributed by atoms with Gasteiger partial charge in [0.1, 0.15) is 5.75 Å². The normalized spacial score (nSPS) is 16.2. The maximum atomic E-state index is 12.0. The number of hydrogen-bond acceptors (Lipinski definition) is 4. The van der Waals surface area contributed by atoms with E-state index in [-0.39, 0.29) is 11.9 Å². The van der Waals surface area contributed by atoms with Gasteiger partial charge in [-0.05, 0) is 60.7 Å². The van der Waals surface area contributed by atoms with Gasteiger partial charge in [-0.2, -0.15) is 0 Å². The molecule has 0 saturated carbocycles. The van der Waals surface area contributed by atoms with Crippen molar-refractivity contribution in [3.8, 4) is 5.75 Å². The predicted octanol–water partition coefficient (Wildman–Crippen LogP) is 4.04. The molecule has 0 bridgehead atoms. The average Bonchev–Trinajstić information content (AvgIpc) is 3.03. The van der Waals surface area contributed by atoms with Crippen LogP contribution >= 0.6 is 0 Å². The number of carbonyl (C=O) groups excluding carboxylic acids is 1. The summed E-state index contributed by atoms with van der Waals surface area (Å²) < 4.78 is 10.4. The number of nitrogens with zero attached hydrogens (tertiary/aromatic N) is 1. The quantitative estimate of drug-likeness (QED) is 0.616. The van der Waals surface area contributed by atoms with E-state index in [1.54, 1.807) is 7.11 Å². The van der Waals surface area contributed by atoms with Crippen molar-refractivity contribution >= 4 is 17.9 Å². The number of fused-ring (bicyclic) bond motifs is 1. The molecule has 0 amide bonds. The number of esters is 1. The minimum Gasteiger partial charge on any atom is -0.497 e. The van der Waals surface area contributed by atoms with Gasteiger partial charge < -0.3 is 9.47 Å². The standard InChI is InChI=1S/C20H21NO3/c1-3-24-20(22)19-9-7-15-12-16(8-10-18(15)19)21-13-14-5-4-6-17(11-14)23-2/h4-6,8,10-13,19H,3,7,9H2,1-2H3. The van der Waals surface area contributed by atoms with E-state index in [1.807, 2.05) is 49.5 Å². The first-order valence-electron chi connectivity index (χ1n) is 8.19. The molecule has 0 aromatic heterocycles. The average molecular weight is 323 g/mol. The second-order valence-corrected chi connectivity index (χ2v) is 5.76. The van der Waals surface area contributed by atoms with Crippen LogP contribution in [0.25, 0.3) is 0 Å². The van der Waals surface area contributed by atoms with Crippen LogP contribution in [0.15, 0.2) is 47.5 Å². The lowest BCUT2D eigenvalue weighted by Gasteiger charge is -2.10. The first kappa shape index (κ1) is 16.2. The highest BCUT2D eigenvalue weighted by atomic mass is 16.5. The van der Waals surface area contributed by atoms with Crippen molar-refractivity contribution in [1.29, 1.82) is 0 Å². The maximum Gasteiger partial charge on any atom is 0.313 e. The lowest BCUT2D eigenvalue weighted by molar-refractivity contribution is -0.144. The molecule has 1 unspecified atom stereocenters. The van der Waals surface area contributed by atoms with Gasteiger partial charge in [0.05, 0.1) is 25.3 Å². The Bertz CT molecular complexity index is 767. The number of methoxy groups -OCH3 is 1. The van der Waals surface area contributed by atoms with Gasteiger partial charge in [0.2, 0.25) is 0 Å². The fourth-order valence-corrected chi connectivity index (χ4v) is 3.04. The molecule has 124 valence electrons. The molecular weight excluding hydrogens is 302 g/mol. The smallest absolute Gasteiger partial charge is 0.313 e. The molecule has 1 aliphatic rings. The van der Waals surface area contributed by atoms with Gasteiger partial charge in [-0.15, -0.1) is 0 Å². The van der Waals surface area contributed by atoms with E-state index >= 15 is 0 Å². The summed E-state index contributed by atoms with van der Waals surface area (Å²) in [5, 5.41) is 0. The highest BCUT2D eigenvalue weighted by Crippen LogP contribution is 2.36. The number of rotatable bonds is 5. The van der Waals surface area contributed by atoms with E-state index < -0.39 is 0 Å². The predicted molar refractivity (Wildman–Crippen MR) is 94.4 cm³/mol. The molecule has 2 aromatic rings. The van der Waals surface area contributed by atoms with E-state index in [2.05, 4.69) is 11.1 Å². The molecule has 0 heterocycles. The van der Waals surface area contributed by atoms with E-state index in [0.29, 0.717) is 6.61 Å². The van der Waals surface area contributed by atoms with E-state index in [1.165, 1.54) is 5.56 Å². The minimum atomic E-state index is -0.128. The van der Waals surface area contributed by atoms with Gasteiger partial charge in [-0.25, -0.2) is 0 Å². The minimum absolute atomic E-state index is 0.121. The lowest BCUT2D eigenvalue weighted by Crippen LogP contribution is -2.13. The molecular formula is C20H21NO3. The Kier molecular flexibility index (Phi) is 4.94. The SMILES string of the molecule is CCOC(=O)C1CCc2cc(N=Cc3cccc(OC)c3)ccc21. The number of carbonyl (C=O) groups is 1. The molecule has 4 heteroatoms. The molecule has 0 fully saturated rings. The number of benzene rings is 2. The Hall–Kier alpha value is -2.62. The first-order chi connectivity index (χ1) is 11.7. The highest BCUT2D eigenvalue weighted by molar-refractivity contribution is 5.83. The molecule has 0 saturated heterocycles. The molecule has 3 rings (SSSR count). The van der Waals surface area contributed by atoms with Crippen molar-refractivity contribution in [2.24, 2.45) is 4.99 Å². The van der Waals surface area contributed by atoms with Gasteiger partial charge in [0.25, 0.3) is 0 Å². The van der Waals surface area contributed by atoms with Crippen LogP contribution in [0.3, 0.4) is 0 Å². The molecule has 0 spiro atoms. The summed E-state index contributed by atoms with van der Waals surface area (Å²) in [7, 11) is 1.65. The van der Waals surface area contributed by atoms with Crippen LogP contribution in [0, 0.1) is 0 Å². The zero-order valence-electron chi connectivity index (χ0n) is 14.0. The monoisotopic (exact) mass is 323 g/mol. The summed E-state index contributed by atoms with van der Waals surface area (Å²) in [6, 6.07) is 13.8. The molecule has 0 radical (unpaired) electrons. The largest absolute Gasteiger partial charge is 0.497 e. The highest BCUT2D eigenvalue weighted by Gasteiger charge is 2.29. The fraction of sp³-hybridized carbons (Fsp3) is 0.300. The Morgan fingerprint density at radius 1 is 1.29 bits per heavy atom. The van der Waals surface area contributed by atoms with E-state index in [0.717, 1.165) is 35.4 Å². The Morgan fingerprint density at radius 2 is 2.17 bits per heavy atom. The van der Waals surface area contributed by atoms with Gasteiger partial charge in [0.15, 0.2) is 0 Å². The first-order valence-corrected chi connectivity index (χ1v) is 8.19. The van der Waals surface area contributed by atoms with Gasteiger partial charge in [-0.1, -0.05) is 18.2 Å². The number of aliphatic imine (C=N–C) groups is 1. The molecule has 24 heavy (non-hydrogen) atoms. The third-order valence-corrected chi connectivity index (χ3v) is 4.23. The van der Waals surface area contributed by atoms with Crippen LogP contribution in [-0.2, 0) is 16.0 Å². The molecule has 0 aliphatic heterocycles. The summed E-state index contributed by atoms with van der Waals surface area (Å²) in [6.45, 7) is 2.26. The van der Waals surface area contributed by atoms with Crippen molar-refractivity contribution in [3.63, 3.8) is 0 Å². The third-order valence-electron chi connectivity index (χ3n) is 4.23. The topological polar surface area (TPSA) is 47.9 Å². The van der Waals surface area contributed by atoms with E-state index in [4.69, 9.17) is 9.47 Å².